The normalized spacial score (nSPS) is 17.3. The lowest BCUT2D eigenvalue weighted by Gasteiger charge is -2.34. The van der Waals surface area contributed by atoms with Crippen LogP contribution < -0.4 is 19.9 Å². The Morgan fingerprint density at radius 2 is 1.76 bits per heavy atom. The van der Waals surface area contributed by atoms with E-state index in [-0.39, 0.29) is 6.04 Å². The third-order valence-electron chi connectivity index (χ3n) is 3.80. The Balaban J connectivity index is 2.40. The highest BCUT2D eigenvalue weighted by Gasteiger charge is 2.27. The molecule has 118 valence electrons. The average Bonchev–Trinajstić information content (AvgIpc) is 2.55. The van der Waals surface area contributed by atoms with Gasteiger partial charge in [0.1, 0.15) is 0 Å². The second-order valence-electron chi connectivity index (χ2n) is 4.82. The molecule has 0 saturated carbocycles. The molecule has 0 aromatic heterocycles. The highest BCUT2D eigenvalue weighted by Crippen LogP contribution is 2.43. The van der Waals surface area contributed by atoms with Gasteiger partial charge in [-0.25, -0.2) is 0 Å². The highest BCUT2D eigenvalue weighted by atomic mass is 32.2. The van der Waals surface area contributed by atoms with Crippen LogP contribution in [-0.2, 0) is 0 Å². The topological polar surface area (TPSA) is 57.0 Å². The van der Waals surface area contributed by atoms with Crippen LogP contribution in [0.2, 0.25) is 0 Å². The molecule has 1 heterocycles. The molecule has 1 saturated heterocycles. The van der Waals surface area contributed by atoms with Gasteiger partial charge in [-0.2, -0.15) is 11.8 Å². The molecule has 1 aromatic carbocycles. The quantitative estimate of drug-likeness (QED) is 0.864. The number of hydrogen-bond donors (Lipinski definition) is 1. The third-order valence-corrected chi connectivity index (χ3v) is 4.75. The van der Waals surface area contributed by atoms with Gasteiger partial charge in [0.15, 0.2) is 11.5 Å². The Morgan fingerprint density at radius 1 is 1.10 bits per heavy atom. The van der Waals surface area contributed by atoms with Crippen molar-refractivity contribution >= 4 is 11.8 Å². The maximum atomic E-state index is 6.05. The van der Waals surface area contributed by atoms with Gasteiger partial charge in [-0.05, 0) is 12.1 Å². The summed E-state index contributed by atoms with van der Waals surface area (Å²) in [6.07, 6.45) is 0. The Morgan fingerprint density at radius 3 is 2.29 bits per heavy atom. The lowest BCUT2D eigenvalue weighted by atomic mass is 10.0. The van der Waals surface area contributed by atoms with Crippen LogP contribution in [-0.4, -0.2) is 57.4 Å². The zero-order chi connectivity index (χ0) is 15.2. The molecule has 1 fully saturated rings. The number of nitrogens with two attached hydrogens (primary N) is 1. The summed E-state index contributed by atoms with van der Waals surface area (Å²) in [5, 5.41) is 0. The average molecular weight is 312 g/mol. The van der Waals surface area contributed by atoms with Crippen molar-refractivity contribution in [2.45, 2.75) is 6.04 Å². The van der Waals surface area contributed by atoms with Crippen molar-refractivity contribution in [1.82, 2.24) is 4.90 Å². The third kappa shape index (κ3) is 3.39. The van der Waals surface area contributed by atoms with Gasteiger partial charge in [-0.1, -0.05) is 0 Å². The van der Waals surface area contributed by atoms with Crippen molar-refractivity contribution < 1.29 is 14.2 Å². The van der Waals surface area contributed by atoms with E-state index >= 15 is 0 Å². The monoisotopic (exact) mass is 312 g/mol. The Bertz CT molecular complexity index is 464. The van der Waals surface area contributed by atoms with Gasteiger partial charge < -0.3 is 19.9 Å². The summed E-state index contributed by atoms with van der Waals surface area (Å²) in [6, 6.07) is 4.08. The van der Waals surface area contributed by atoms with Crippen LogP contribution in [0.25, 0.3) is 0 Å². The van der Waals surface area contributed by atoms with Crippen LogP contribution in [0.5, 0.6) is 17.2 Å². The number of nitrogens with zero attached hydrogens (tertiary/aromatic N) is 1. The summed E-state index contributed by atoms with van der Waals surface area (Å²) in [6.45, 7) is 2.64. The summed E-state index contributed by atoms with van der Waals surface area (Å²) in [7, 11) is 4.90. The summed E-state index contributed by atoms with van der Waals surface area (Å²) in [4.78, 5) is 2.42. The molecule has 1 atom stereocenters. The molecule has 0 aliphatic carbocycles. The van der Waals surface area contributed by atoms with Crippen LogP contribution in [0, 0.1) is 0 Å². The smallest absolute Gasteiger partial charge is 0.203 e. The van der Waals surface area contributed by atoms with Gasteiger partial charge in [-0.15, -0.1) is 0 Å². The number of rotatable bonds is 6. The van der Waals surface area contributed by atoms with Crippen molar-refractivity contribution in [2.24, 2.45) is 5.73 Å². The van der Waals surface area contributed by atoms with Crippen molar-refractivity contribution in [3.8, 4) is 17.2 Å². The Labute approximate surface area is 130 Å². The zero-order valence-corrected chi connectivity index (χ0v) is 13.7. The first kappa shape index (κ1) is 16.3. The van der Waals surface area contributed by atoms with E-state index in [9.17, 15) is 0 Å². The van der Waals surface area contributed by atoms with Crippen molar-refractivity contribution in [2.75, 3.05) is 52.5 Å². The molecule has 1 unspecified atom stereocenters. The molecular formula is C15H24N2O3S. The molecular weight excluding hydrogens is 288 g/mol. The van der Waals surface area contributed by atoms with Crippen LogP contribution in [0.3, 0.4) is 0 Å². The van der Waals surface area contributed by atoms with E-state index in [2.05, 4.69) is 4.90 Å². The number of ether oxygens (including phenoxy) is 3. The predicted octanol–water partition coefficient (Wildman–Crippen LogP) is 1.76. The lowest BCUT2D eigenvalue weighted by Crippen LogP contribution is -2.39. The standard InChI is InChI=1S/C15H24N2O3S/c1-18-13-5-4-11(14(19-2)15(13)20-3)12(10-16)17-6-8-21-9-7-17/h4-5,12H,6-10,16H2,1-3H3. The minimum Gasteiger partial charge on any atom is -0.493 e. The summed E-state index contributed by atoms with van der Waals surface area (Å²) in [5.41, 5.74) is 7.10. The van der Waals surface area contributed by atoms with E-state index in [0.717, 1.165) is 30.2 Å². The van der Waals surface area contributed by atoms with E-state index < -0.39 is 0 Å². The van der Waals surface area contributed by atoms with Crippen LogP contribution >= 0.6 is 11.8 Å². The van der Waals surface area contributed by atoms with Crippen molar-refractivity contribution in [1.29, 1.82) is 0 Å². The maximum absolute atomic E-state index is 6.05. The molecule has 0 radical (unpaired) electrons. The maximum Gasteiger partial charge on any atom is 0.203 e. The van der Waals surface area contributed by atoms with E-state index in [1.54, 1.807) is 21.3 Å². The number of methoxy groups -OCH3 is 3. The molecule has 1 aromatic rings. The molecule has 1 aliphatic rings. The van der Waals surface area contributed by atoms with Gasteiger partial charge in [-0.3, -0.25) is 4.90 Å². The van der Waals surface area contributed by atoms with E-state index in [1.165, 1.54) is 0 Å². The molecule has 2 rings (SSSR count). The fourth-order valence-corrected chi connectivity index (χ4v) is 3.68. The molecule has 0 bridgehead atoms. The molecule has 6 heteroatoms. The van der Waals surface area contributed by atoms with Gasteiger partial charge >= 0.3 is 0 Å². The summed E-state index contributed by atoms with van der Waals surface area (Å²) in [5.74, 6) is 4.30. The first-order chi connectivity index (χ1) is 10.3. The number of hydrogen-bond acceptors (Lipinski definition) is 6. The van der Waals surface area contributed by atoms with Gasteiger partial charge in [0, 0.05) is 36.7 Å². The van der Waals surface area contributed by atoms with Gasteiger partial charge in [0.25, 0.3) is 0 Å². The molecule has 0 spiro atoms. The highest BCUT2D eigenvalue weighted by molar-refractivity contribution is 7.99. The largest absolute Gasteiger partial charge is 0.493 e. The lowest BCUT2D eigenvalue weighted by molar-refractivity contribution is 0.216. The fraction of sp³-hybridized carbons (Fsp3) is 0.600. The first-order valence-corrected chi connectivity index (χ1v) is 8.23. The van der Waals surface area contributed by atoms with Crippen LogP contribution in [0.4, 0.5) is 0 Å². The number of thioether (sulfide) groups is 1. The summed E-state index contributed by atoms with van der Waals surface area (Å²) >= 11 is 1.99. The van der Waals surface area contributed by atoms with E-state index in [4.69, 9.17) is 19.9 Å². The van der Waals surface area contributed by atoms with E-state index in [0.29, 0.717) is 23.8 Å². The second kappa shape index (κ2) is 7.77. The minimum absolute atomic E-state index is 0.139. The van der Waals surface area contributed by atoms with Gasteiger partial charge in [0.2, 0.25) is 5.75 Å². The molecule has 2 N–H and O–H groups in total. The van der Waals surface area contributed by atoms with E-state index in [1.807, 2.05) is 23.9 Å². The van der Waals surface area contributed by atoms with Crippen LogP contribution in [0.1, 0.15) is 11.6 Å². The predicted molar refractivity (Wildman–Crippen MR) is 86.8 cm³/mol. The molecule has 1 aliphatic heterocycles. The zero-order valence-electron chi connectivity index (χ0n) is 12.9. The van der Waals surface area contributed by atoms with Crippen molar-refractivity contribution in [3.63, 3.8) is 0 Å². The number of benzene rings is 1. The second-order valence-corrected chi connectivity index (χ2v) is 6.05. The first-order valence-electron chi connectivity index (χ1n) is 7.07. The molecule has 5 nitrogen and oxygen atoms in total. The van der Waals surface area contributed by atoms with Crippen LogP contribution in [0.15, 0.2) is 12.1 Å². The molecule has 0 amide bonds. The van der Waals surface area contributed by atoms with Gasteiger partial charge in [0.05, 0.1) is 27.4 Å². The Hall–Kier alpha value is -1.11. The SMILES string of the molecule is COc1ccc(C(CN)N2CCSCC2)c(OC)c1OC. The summed E-state index contributed by atoms with van der Waals surface area (Å²) < 4.78 is 16.4. The molecule has 21 heavy (non-hydrogen) atoms. The minimum atomic E-state index is 0.139. The van der Waals surface area contributed by atoms with Crippen molar-refractivity contribution in [3.05, 3.63) is 17.7 Å². The fourth-order valence-electron chi connectivity index (χ4n) is 2.75. The Kier molecular flexibility index (Phi) is 6.02.